The minimum absolute atomic E-state index is 0.184. The molecular formula is C21H22FNO4. The van der Waals surface area contributed by atoms with E-state index in [1.54, 1.807) is 12.1 Å². The third-order valence-electron chi connectivity index (χ3n) is 5.07. The van der Waals surface area contributed by atoms with Gasteiger partial charge >= 0.3 is 12.1 Å². The van der Waals surface area contributed by atoms with Gasteiger partial charge in [0.15, 0.2) is 0 Å². The zero-order chi connectivity index (χ0) is 19.3. The maximum Gasteiger partial charge on any atom is 0.410 e. The molecule has 27 heavy (non-hydrogen) atoms. The molecule has 5 nitrogen and oxygen atoms in total. The van der Waals surface area contributed by atoms with E-state index in [0.717, 1.165) is 5.56 Å². The first-order chi connectivity index (χ1) is 13.0. The average Bonchev–Trinajstić information content (AvgIpc) is 2.67. The van der Waals surface area contributed by atoms with Crippen molar-refractivity contribution in [3.05, 3.63) is 71.5 Å². The second kappa shape index (κ2) is 8.20. The smallest absolute Gasteiger partial charge is 0.410 e. The molecule has 0 atom stereocenters. The summed E-state index contributed by atoms with van der Waals surface area (Å²) in [5, 5.41) is 9.77. The first kappa shape index (κ1) is 18.9. The standard InChI is InChI=1S/C21H22FNO4/c22-18-8-4-7-17(13-18)14-21(19(24)25)9-11-23(12-10-21)20(26)27-15-16-5-2-1-3-6-16/h1-8,13H,9-12,14-15H2,(H,24,25). The molecule has 0 aliphatic carbocycles. The summed E-state index contributed by atoms with van der Waals surface area (Å²) < 4.78 is 18.7. The van der Waals surface area contributed by atoms with Gasteiger partial charge in [0, 0.05) is 13.1 Å². The molecule has 1 saturated heterocycles. The first-order valence-electron chi connectivity index (χ1n) is 8.92. The van der Waals surface area contributed by atoms with Gasteiger partial charge in [-0.2, -0.15) is 0 Å². The van der Waals surface area contributed by atoms with E-state index in [2.05, 4.69) is 0 Å². The van der Waals surface area contributed by atoms with Crippen molar-refractivity contribution in [3.63, 3.8) is 0 Å². The molecule has 1 heterocycles. The second-order valence-electron chi connectivity index (χ2n) is 6.92. The van der Waals surface area contributed by atoms with E-state index < -0.39 is 17.5 Å². The van der Waals surface area contributed by atoms with Crippen LogP contribution in [0.15, 0.2) is 54.6 Å². The highest BCUT2D eigenvalue weighted by molar-refractivity contribution is 5.76. The summed E-state index contributed by atoms with van der Waals surface area (Å²) in [6.07, 6.45) is 0.412. The van der Waals surface area contributed by atoms with Crippen molar-refractivity contribution in [3.8, 4) is 0 Å². The number of carbonyl (C=O) groups excluding carboxylic acids is 1. The summed E-state index contributed by atoms with van der Waals surface area (Å²) in [6, 6.07) is 15.4. The summed E-state index contributed by atoms with van der Waals surface area (Å²) in [5.41, 5.74) is 0.552. The van der Waals surface area contributed by atoms with Crippen LogP contribution in [0, 0.1) is 11.2 Å². The zero-order valence-corrected chi connectivity index (χ0v) is 14.9. The third kappa shape index (κ3) is 4.64. The molecule has 0 bridgehead atoms. The Kier molecular flexibility index (Phi) is 5.74. The number of benzene rings is 2. The number of carbonyl (C=O) groups is 2. The average molecular weight is 371 g/mol. The van der Waals surface area contributed by atoms with Crippen LogP contribution in [0.4, 0.5) is 9.18 Å². The Hall–Kier alpha value is -2.89. The molecule has 0 aromatic heterocycles. The van der Waals surface area contributed by atoms with Gasteiger partial charge in [0.2, 0.25) is 0 Å². The van der Waals surface area contributed by atoms with Crippen LogP contribution in [0.25, 0.3) is 0 Å². The number of carboxylic acid groups (broad SMARTS) is 1. The number of rotatable bonds is 5. The van der Waals surface area contributed by atoms with Gasteiger partial charge < -0.3 is 14.7 Å². The van der Waals surface area contributed by atoms with Crippen LogP contribution in [0.3, 0.4) is 0 Å². The van der Waals surface area contributed by atoms with Crippen molar-refractivity contribution in [2.75, 3.05) is 13.1 Å². The summed E-state index contributed by atoms with van der Waals surface area (Å²) in [4.78, 5) is 25.7. The lowest BCUT2D eigenvalue weighted by Gasteiger charge is -2.38. The fourth-order valence-corrected chi connectivity index (χ4v) is 3.43. The number of halogens is 1. The van der Waals surface area contributed by atoms with Crippen LogP contribution in [0.5, 0.6) is 0 Å². The predicted molar refractivity (Wildman–Crippen MR) is 97.6 cm³/mol. The van der Waals surface area contributed by atoms with Crippen LogP contribution >= 0.6 is 0 Å². The number of nitrogens with zero attached hydrogens (tertiary/aromatic N) is 1. The van der Waals surface area contributed by atoms with Crippen molar-refractivity contribution in [2.45, 2.75) is 25.9 Å². The predicted octanol–water partition coefficient (Wildman–Crippen LogP) is 3.87. The molecule has 0 unspecified atom stereocenters. The van der Waals surface area contributed by atoms with E-state index in [0.29, 0.717) is 31.5 Å². The van der Waals surface area contributed by atoms with Gasteiger partial charge in [-0.05, 0) is 42.5 Å². The quantitative estimate of drug-likeness (QED) is 0.866. The van der Waals surface area contributed by atoms with Crippen LogP contribution in [0.1, 0.15) is 24.0 Å². The Morgan fingerprint density at radius 2 is 1.70 bits per heavy atom. The number of hydrogen-bond acceptors (Lipinski definition) is 3. The fraction of sp³-hybridized carbons (Fsp3) is 0.333. The third-order valence-corrected chi connectivity index (χ3v) is 5.07. The maximum absolute atomic E-state index is 13.4. The van der Waals surface area contributed by atoms with Crippen molar-refractivity contribution >= 4 is 12.1 Å². The van der Waals surface area contributed by atoms with E-state index in [-0.39, 0.29) is 18.8 Å². The highest BCUT2D eigenvalue weighted by Gasteiger charge is 2.42. The number of amides is 1. The monoisotopic (exact) mass is 371 g/mol. The van der Waals surface area contributed by atoms with Crippen molar-refractivity contribution in [1.29, 1.82) is 0 Å². The molecule has 6 heteroatoms. The van der Waals surface area contributed by atoms with Crippen molar-refractivity contribution < 1.29 is 23.8 Å². The lowest BCUT2D eigenvalue weighted by Crippen LogP contribution is -2.47. The number of hydrogen-bond donors (Lipinski definition) is 1. The fourth-order valence-electron chi connectivity index (χ4n) is 3.43. The van der Waals surface area contributed by atoms with Gasteiger partial charge in [-0.15, -0.1) is 0 Å². The molecule has 1 amide bonds. The SMILES string of the molecule is O=C(OCc1ccccc1)N1CCC(Cc2cccc(F)c2)(C(=O)O)CC1. The summed E-state index contributed by atoms with van der Waals surface area (Å²) in [5.74, 6) is -1.29. The number of ether oxygens (including phenoxy) is 1. The number of aliphatic carboxylic acids is 1. The Labute approximate surface area is 157 Å². The molecule has 0 radical (unpaired) electrons. The summed E-state index contributed by atoms with van der Waals surface area (Å²) in [6.45, 7) is 0.786. The maximum atomic E-state index is 13.4. The molecule has 2 aromatic rings. The minimum Gasteiger partial charge on any atom is -0.481 e. The highest BCUT2D eigenvalue weighted by Crippen LogP contribution is 2.36. The lowest BCUT2D eigenvalue weighted by atomic mass is 9.74. The Bertz CT molecular complexity index is 801. The summed E-state index contributed by atoms with van der Waals surface area (Å²) in [7, 11) is 0. The summed E-state index contributed by atoms with van der Waals surface area (Å²) >= 11 is 0. The van der Waals surface area contributed by atoms with E-state index in [4.69, 9.17) is 4.74 Å². The zero-order valence-electron chi connectivity index (χ0n) is 14.9. The van der Waals surface area contributed by atoms with Gasteiger partial charge in [-0.25, -0.2) is 9.18 Å². The Balaban J connectivity index is 1.59. The van der Waals surface area contributed by atoms with E-state index in [1.807, 2.05) is 30.3 Å². The van der Waals surface area contributed by atoms with Crippen LogP contribution in [0.2, 0.25) is 0 Å². The molecule has 1 aliphatic heterocycles. The van der Waals surface area contributed by atoms with Crippen LogP contribution in [-0.4, -0.2) is 35.2 Å². The molecule has 1 aliphatic rings. The van der Waals surface area contributed by atoms with Gasteiger partial charge in [0.25, 0.3) is 0 Å². The molecule has 3 rings (SSSR count). The molecule has 1 N–H and O–H groups in total. The molecule has 0 spiro atoms. The van der Waals surface area contributed by atoms with Gasteiger partial charge in [-0.1, -0.05) is 42.5 Å². The second-order valence-corrected chi connectivity index (χ2v) is 6.92. The molecule has 1 fully saturated rings. The van der Waals surface area contributed by atoms with E-state index >= 15 is 0 Å². The largest absolute Gasteiger partial charge is 0.481 e. The first-order valence-corrected chi connectivity index (χ1v) is 8.92. The Morgan fingerprint density at radius 1 is 1.04 bits per heavy atom. The van der Waals surface area contributed by atoms with Gasteiger partial charge in [0.1, 0.15) is 12.4 Å². The van der Waals surface area contributed by atoms with Crippen molar-refractivity contribution in [2.24, 2.45) is 5.41 Å². The molecular weight excluding hydrogens is 349 g/mol. The number of likely N-dealkylation sites (tertiary alicyclic amines) is 1. The van der Waals surface area contributed by atoms with Gasteiger partial charge in [0.05, 0.1) is 5.41 Å². The highest BCUT2D eigenvalue weighted by atomic mass is 19.1. The molecule has 0 saturated carbocycles. The van der Waals surface area contributed by atoms with Gasteiger partial charge in [-0.3, -0.25) is 4.79 Å². The Morgan fingerprint density at radius 3 is 2.33 bits per heavy atom. The van der Waals surface area contributed by atoms with Crippen LogP contribution in [-0.2, 0) is 22.6 Å². The molecule has 2 aromatic carbocycles. The van der Waals surface area contributed by atoms with Crippen LogP contribution < -0.4 is 0 Å². The van der Waals surface area contributed by atoms with E-state index in [1.165, 1.54) is 17.0 Å². The topological polar surface area (TPSA) is 66.8 Å². The minimum atomic E-state index is -0.996. The van der Waals surface area contributed by atoms with Crippen molar-refractivity contribution in [1.82, 2.24) is 4.90 Å². The number of carboxylic acids is 1. The number of piperidine rings is 1. The normalized spacial score (nSPS) is 16.0. The lowest BCUT2D eigenvalue weighted by molar-refractivity contribution is -0.151. The van der Waals surface area contributed by atoms with E-state index in [9.17, 15) is 19.1 Å². The molecule has 142 valence electrons.